The third-order valence-electron chi connectivity index (χ3n) is 12.2. The van der Waals surface area contributed by atoms with Crippen LogP contribution in [0.1, 0.15) is 36.1 Å². The molecule has 0 N–H and O–H groups in total. The van der Waals surface area contributed by atoms with E-state index in [0.29, 0.717) is 0 Å². The molecule has 9 aromatic rings. The summed E-state index contributed by atoms with van der Waals surface area (Å²) in [4.78, 5) is 0. The van der Waals surface area contributed by atoms with Crippen LogP contribution in [0.25, 0.3) is 99.7 Å². The van der Waals surface area contributed by atoms with Crippen molar-refractivity contribution in [3.63, 3.8) is 0 Å². The van der Waals surface area contributed by atoms with Crippen molar-refractivity contribution in [3.05, 3.63) is 217 Å². The van der Waals surface area contributed by atoms with Crippen molar-refractivity contribution in [2.24, 2.45) is 0 Å². The minimum atomic E-state index is -0.0382. The van der Waals surface area contributed by atoms with E-state index >= 15 is 0 Å². The molecule has 0 amide bonds. The van der Waals surface area contributed by atoms with E-state index in [-0.39, 0.29) is 5.41 Å². The molecule has 0 fully saturated rings. The lowest BCUT2D eigenvalue weighted by Gasteiger charge is -2.22. The summed E-state index contributed by atoms with van der Waals surface area (Å²) in [5, 5.41) is 9.93. The Bertz CT molecular complexity index is 3180. The largest absolute Gasteiger partial charge is 0.0991 e. The van der Waals surface area contributed by atoms with Crippen molar-refractivity contribution in [3.8, 4) is 44.5 Å². The second-order valence-corrected chi connectivity index (χ2v) is 15.8. The molecule has 0 unspecified atom stereocenters. The van der Waals surface area contributed by atoms with Gasteiger partial charge in [-0.1, -0.05) is 185 Å². The van der Waals surface area contributed by atoms with Crippen LogP contribution in [0.2, 0.25) is 0 Å². The minimum Gasteiger partial charge on any atom is -0.0991 e. The minimum absolute atomic E-state index is 0.0382. The maximum absolute atomic E-state index is 3.90. The Morgan fingerprint density at radius 3 is 1.51 bits per heavy atom. The summed E-state index contributed by atoms with van der Waals surface area (Å²) in [6, 6.07) is 59.0. The third-order valence-corrected chi connectivity index (χ3v) is 12.2. The first kappa shape index (κ1) is 34.5. The summed E-state index contributed by atoms with van der Waals surface area (Å²) >= 11 is 0. The Morgan fingerprint density at radius 1 is 0.368 bits per heavy atom. The highest BCUT2D eigenvalue weighted by Crippen LogP contribution is 2.50. The Hall–Kier alpha value is -7.02. The Morgan fingerprint density at radius 2 is 0.860 bits per heavy atom. The average molecular weight is 727 g/mol. The highest BCUT2D eigenvalue weighted by Gasteiger charge is 2.35. The molecule has 0 atom stereocenters. The fourth-order valence-electron chi connectivity index (χ4n) is 9.32. The van der Waals surface area contributed by atoms with Crippen molar-refractivity contribution in [1.82, 2.24) is 0 Å². The van der Waals surface area contributed by atoms with Crippen LogP contribution in [0.15, 0.2) is 195 Å². The third kappa shape index (κ3) is 5.68. The normalized spacial score (nSPS) is 13.2. The van der Waals surface area contributed by atoms with Gasteiger partial charge in [0.05, 0.1) is 0 Å². The van der Waals surface area contributed by atoms with Crippen molar-refractivity contribution in [1.29, 1.82) is 0 Å². The molecule has 9 aromatic carbocycles. The summed E-state index contributed by atoms with van der Waals surface area (Å²) in [6.45, 7) is 12.5. The zero-order valence-electron chi connectivity index (χ0n) is 32.4. The molecule has 0 spiro atoms. The first-order valence-corrected chi connectivity index (χ1v) is 19.8. The second kappa shape index (κ2) is 13.6. The van der Waals surface area contributed by atoms with Gasteiger partial charge in [0.2, 0.25) is 0 Å². The van der Waals surface area contributed by atoms with E-state index in [9.17, 15) is 0 Å². The Balaban J connectivity index is 1.05. The molecule has 1 aliphatic rings. The quantitative estimate of drug-likeness (QED) is 0.113. The van der Waals surface area contributed by atoms with Gasteiger partial charge in [0.1, 0.15) is 0 Å². The molecule has 0 bridgehead atoms. The zero-order chi connectivity index (χ0) is 38.7. The van der Waals surface area contributed by atoms with Crippen LogP contribution in [0.3, 0.4) is 0 Å². The van der Waals surface area contributed by atoms with Gasteiger partial charge in [-0.3, -0.25) is 0 Å². The van der Waals surface area contributed by atoms with Gasteiger partial charge in [-0.25, -0.2) is 0 Å². The molecule has 57 heavy (non-hydrogen) atoms. The number of hydrogen-bond acceptors (Lipinski definition) is 0. The summed E-state index contributed by atoms with van der Waals surface area (Å²) in [7, 11) is 0. The maximum Gasteiger partial charge on any atom is 0.0159 e. The fourth-order valence-corrected chi connectivity index (χ4v) is 9.32. The first-order valence-electron chi connectivity index (χ1n) is 19.8. The van der Waals surface area contributed by atoms with Crippen LogP contribution in [0.4, 0.5) is 0 Å². The highest BCUT2D eigenvalue weighted by atomic mass is 14.4. The van der Waals surface area contributed by atoms with Crippen molar-refractivity contribution in [2.45, 2.75) is 19.3 Å². The van der Waals surface area contributed by atoms with Crippen LogP contribution in [0.5, 0.6) is 0 Å². The average Bonchev–Trinajstić information content (AvgIpc) is 3.48. The Kier molecular flexibility index (Phi) is 8.24. The van der Waals surface area contributed by atoms with Crippen LogP contribution in [-0.2, 0) is 5.41 Å². The van der Waals surface area contributed by atoms with Crippen molar-refractivity contribution in [2.75, 3.05) is 0 Å². The zero-order valence-corrected chi connectivity index (χ0v) is 32.4. The van der Waals surface area contributed by atoms with E-state index in [4.69, 9.17) is 0 Å². The SMILES string of the molecule is C=CC=Cc1cc2cc(-c3ccc4cc(-c5ccc(-c6ccc7c(c6)C(C)(C)c6ccccc6-7)c6ccccc56)ccc4c3)c3ccccc3c2cc1C=CC=C. The van der Waals surface area contributed by atoms with Gasteiger partial charge in [-0.05, 0) is 146 Å². The Labute approximate surface area is 335 Å². The van der Waals surface area contributed by atoms with Crippen molar-refractivity contribution >= 4 is 55.2 Å². The van der Waals surface area contributed by atoms with Gasteiger partial charge < -0.3 is 0 Å². The summed E-state index contributed by atoms with van der Waals surface area (Å²) in [5.41, 5.74) is 15.2. The predicted molar refractivity (Wildman–Crippen MR) is 249 cm³/mol. The molecule has 270 valence electrons. The molecule has 0 saturated carbocycles. The fraction of sp³-hybridized carbons (Fsp3) is 0.0526. The van der Waals surface area contributed by atoms with Gasteiger partial charge in [-0.15, -0.1) is 0 Å². The molecule has 0 nitrogen and oxygen atoms in total. The van der Waals surface area contributed by atoms with Crippen LogP contribution >= 0.6 is 0 Å². The molecule has 0 aromatic heterocycles. The molecule has 0 heterocycles. The van der Waals surface area contributed by atoms with E-state index in [1.165, 1.54) is 98.7 Å². The van der Waals surface area contributed by atoms with Crippen LogP contribution in [0, 0.1) is 0 Å². The lowest BCUT2D eigenvalue weighted by Crippen LogP contribution is -2.14. The molecular weight excluding hydrogens is 685 g/mol. The molecule has 1 aliphatic carbocycles. The highest BCUT2D eigenvalue weighted by molar-refractivity contribution is 6.15. The number of allylic oxidation sites excluding steroid dienone is 4. The van der Waals surface area contributed by atoms with Crippen LogP contribution < -0.4 is 0 Å². The van der Waals surface area contributed by atoms with Gasteiger partial charge >= 0.3 is 0 Å². The topological polar surface area (TPSA) is 0 Å². The molecule has 10 rings (SSSR count). The van der Waals surface area contributed by atoms with Crippen LogP contribution in [-0.4, -0.2) is 0 Å². The molecule has 0 radical (unpaired) electrons. The summed E-state index contributed by atoms with van der Waals surface area (Å²) < 4.78 is 0. The number of fused-ring (bicyclic) bond motifs is 8. The van der Waals surface area contributed by atoms with Gasteiger partial charge in [0.15, 0.2) is 0 Å². The number of rotatable bonds is 7. The predicted octanol–water partition coefficient (Wildman–Crippen LogP) is 16.0. The van der Waals surface area contributed by atoms with E-state index in [1.54, 1.807) is 0 Å². The van der Waals surface area contributed by atoms with E-state index < -0.39 is 0 Å². The standard InChI is InChI=1S/C57H42/c1-5-7-15-37-33-44-35-53(49-19-11-12-20-50(49)54(44)34-38(37)16-8-6-2)42-26-24-39-31-41(25-23-40(39)32-42)45-29-30-46(48-18-10-9-17-47(45)48)43-27-28-52-51-21-13-14-22-55(51)57(3,4)56(52)36-43/h5-36H,1-2H2,3-4H3. The van der Waals surface area contributed by atoms with Gasteiger partial charge in [0.25, 0.3) is 0 Å². The van der Waals surface area contributed by atoms with Gasteiger partial charge in [-0.2, -0.15) is 0 Å². The monoisotopic (exact) mass is 726 g/mol. The molecule has 0 saturated heterocycles. The van der Waals surface area contributed by atoms with Gasteiger partial charge in [0, 0.05) is 5.41 Å². The summed E-state index contributed by atoms with van der Waals surface area (Å²) in [5.74, 6) is 0. The lowest BCUT2D eigenvalue weighted by atomic mass is 9.81. The van der Waals surface area contributed by atoms with E-state index in [0.717, 1.165) is 11.1 Å². The smallest absolute Gasteiger partial charge is 0.0159 e. The second-order valence-electron chi connectivity index (χ2n) is 15.8. The lowest BCUT2D eigenvalue weighted by molar-refractivity contribution is 0.660. The van der Waals surface area contributed by atoms with E-state index in [1.807, 2.05) is 24.3 Å². The molecule has 0 heteroatoms. The van der Waals surface area contributed by atoms with E-state index in [2.05, 4.69) is 197 Å². The number of benzene rings is 9. The number of hydrogen-bond donors (Lipinski definition) is 0. The summed E-state index contributed by atoms with van der Waals surface area (Å²) in [6.07, 6.45) is 11.9. The maximum atomic E-state index is 3.90. The molecular formula is C57H42. The van der Waals surface area contributed by atoms with Crippen molar-refractivity contribution < 1.29 is 0 Å². The first-order chi connectivity index (χ1) is 27.9. The molecule has 0 aliphatic heterocycles.